The summed E-state index contributed by atoms with van der Waals surface area (Å²) in [4.78, 5) is 17.1. The SMILES string of the molecule is COc1ccccc1-c1cc2nc(C)c(CCC(=O)Nc3ccc(Br)cc3F)c(C)n2n1. The van der Waals surface area contributed by atoms with E-state index in [-0.39, 0.29) is 18.0 Å². The molecule has 0 atom stereocenters. The van der Waals surface area contributed by atoms with E-state index in [4.69, 9.17) is 9.84 Å². The molecule has 4 rings (SSSR count). The summed E-state index contributed by atoms with van der Waals surface area (Å²) in [6, 6.07) is 14.1. The normalized spacial score (nSPS) is 11.0. The number of nitrogens with one attached hydrogen (secondary N) is 1. The Labute approximate surface area is 193 Å². The van der Waals surface area contributed by atoms with Crippen molar-refractivity contribution in [1.82, 2.24) is 14.6 Å². The molecule has 0 bridgehead atoms. The fourth-order valence-electron chi connectivity index (χ4n) is 3.72. The first-order valence-electron chi connectivity index (χ1n) is 10.1. The van der Waals surface area contributed by atoms with Gasteiger partial charge in [-0.15, -0.1) is 0 Å². The van der Waals surface area contributed by atoms with Gasteiger partial charge in [-0.2, -0.15) is 5.10 Å². The van der Waals surface area contributed by atoms with Gasteiger partial charge in [0, 0.05) is 33.9 Å². The summed E-state index contributed by atoms with van der Waals surface area (Å²) in [6.07, 6.45) is 0.666. The van der Waals surface area contributed by atoms with Crippen LogP contribution in [0, 0.1) is 19.7 Å². The molecule has 4 aromatic rings. The van der Waals surface area contributed by atoms with E-state index in [9.17, 15) is 9.18 Å². The number of hydrogen-bond acceptors (Lipinski definition) is 4. The van der Waals surface area contributed by atoms with E-state index >= 15 is 0 Å². The zero-order valence-electron chi connectivity index (χ0n) is 17.9. The van der Waals surface area contributed by atoms with Gasteiger partial charge >= 0.3 is 0 Å². The highest BCUT2D eigenvalue weighted by Gasteiger charge is 2.16. The van der Waals surface area contributed by atoms with Gasteiger partial charge in [0.1, 0.15) is 11.6 Å². The molecule has 0 aliphatic carbocycles. The Morgan fingerprint density at radius 3 is 2.72 bits per heavy atom. The molecule has 0 aliphatic rings. The van der Waals surface area contributed by atoms with Gasteiger partial charge in [-0.05, 0) is 56.2 Å². The summed E-state index contributed by atoms with van der Waals surface area (Å²) in [6.45, 7) is 3.88. The van der Waals surface area contributed by atoms with Crippen LogP contribution in [-0.4, -0.2) is 27.6 Å². The van der Waals surface area contributed by atoms with Crippen molar-refractivity contribution in [1.29, 1.82) is 0 Å². The molecule has 0 saturated heterocycles. The largest absolute Gasteiger partial charge is 0.496 e. The van der Waals surface area contributed by atoms with Gasteiger partial charge in [0.15, 0.2) is 5.65 Å². The van der Waals surface area contributed by atoms with Crippen molar-refractivity contribution < 1.29 is 13.9 Å². The third kappa shape index (κ3) is 4.36. The van der Waals surface area contributed by atoms with E-state index in [0.29, 0.717) is 10.9 Å². The van der Waals surface area contributed by atoms with Crippen LogP contribution >= 0.6 is 15.9 Å². The summed E-state index contributed by atoms with van der Waals surface area (Å²) in [5.41, 5.74) is 5.23. The van der Waals surface area contributed by atoms with Gasteiger partial charge < -0.3 is 10.1 Å². The Bertz CT molecular complexity index is 1320. The lowest BCUT2D eigenvalue weighted by molar-refractivity contribution is -0.116. The number of fused-ring (bicyclic) bond motifs is 1. The summed E-state index contributed by atoms with van der Waals surface area (Å²) >= 11 is 3.21. The standard InChI is InChI=1S/C24H22BrFN4O2/c1-14-17(9-11-24(31)28-20-10-8-16(25)12-19(20)26)15(2)30-23(27-14)13-21(29-30)18-6-4-5-7-22(18)32-3/h4-8,10,12-13H,9,11H2,1-3H3,(H,28,31). The average Bonchev–Trinajstić information content (AvgIpc) is 3.19. The molecule has 8 heteroatoms. The van der Waals surface area contributed by atoms with Crippen molar-refractivity contribution in [3.63, 3.8) is 0 Å². The second kappa shape index (κ2) is 9.08. The first-order chi connectivity index (χ1) is 15.4. The Balaban J connectivity index is 1.57. The molecule has 2 aromatic carbocycles. The molecule has 0 unspecified atom stereocenters. The number of ether oxygens (including phenoxy) is 1. The summed E-state index contributed by atoms with van der Waals surface area (Å²) in [5.74, 6) is -0.00812. The molecular weight excluding hydrogens is 475 g/mol. The fraction of sp³-hybridized carbons (Fsp3) is 0.208. The van der Waals surface area contributed by atoms with Gasteiger partial charge in [0.05, 0.1) is 18.5 Å². The molecule has 0 radical (unpaired) electrons. The molecule has 0 saturated carbocycles. The lowest BCUT2D eigenvalue weighted by Gasteiger charge is -2.11. The van der Waals surface area contributed by atoms with Crippen LogP contribution in [-0.2, 0) is 11.2 Å². The van der Waals surface area contributed by atoms with Crippen LogP contribution in [0.2, 0.25) is 0 Å². The summed E-state index contributed by atoms with van der Waals surface area (Å²) in [7, 11) is 1.63. The molecule has 164 valence electrons. The van der Waals surface area contributed by atoms with Crippen molar-refractivity contribution in [3.05, 3.63) is 75.8 Å². The van der Waals surface area contributed by atoms with E-state index in [1.807, 2.05) is 44.2 Å². The first-order valence-corrected chi connectivity index (χ1v) is 10.9. The van der Waals surface area contributed by atoms with Crippen LogP contribution in [0.25, 0.3) is 16.9 Å². The molecule has 1 N–H and O–H groups in total. The number of benzene rings is 2. The van der Waals surface area contributed by atoms with Gasteiger partial charge in [-0.3, -0.25) is 4.79 Å². The highest BCUT2D eigenvalue weighted by atomic mass is 79.9. The molecule has 1 amide bonds. The Morgan fingerprint density at radius 2 is 1.97 bits per heavy atom. The maximum atomic E-state index is 14.0. The molecule has 2 heterocycles. The highest BCUT2D eigenvalue weighted by Crippen LogP contribution is 2.30. The van der Waals surface area contributed by atoms with Crippen LogP contribution in [0.4, 0.5) is 10.1 Å². The molecule has 0 aliphatic heterocycles. The molecule has 0 spiro atoms. The van der Waals surface area contributed by atoms with Crippen LogP contribution in [0.5, 0.6) is 5.75 Å². The fourth-order valence-corrected chi connectivity index (χ4v) is 4.05. The number of anilines is 1. The van der Waals surface area contributed by atoms with Crippen molar-refractivity contribution >= 4 is 33.2 Å². The van der Waals surface area contributed by atoms with Gasteiger partial charge in [-0.25, -0.2) is 13.9 Å². The molecule has 2 aromatic heterocycles. The summed E-state index contributed by atoms with van der Waals surface area (Å²) < 4.78 is 21.9. The number of aryl methyl sites for hydroxylation is 2. The van der Waals surface area contributed by atoms with Crippen molar-refractivity contribution in [3.8, 4) is 17.0 Å². The smallest absolute Gasteiger partial charge is 0.224 e. The highest BCUT2D eigenvalue weighted by molar-refractivity contribution is 9.10. The topological polar surface area (TPSA) is 68.5 Å². The lowest BCUT2D eigenvalue weighted by Crippen LogP contribution is -2.15. The number of amides is 1. The van der Waals surface area contributed by atoms with E-state index in [1.54, 1.807) is 17.7 Å². The molecule has 0 fully saturated rings. The third-order valence-corrected chi connectivity index (χ3v) is 5.85. The van der Waals surface area contributed by atoms with Crippen LogP contribution < -0.4 is 10.1 Å². The number of hydrogen-bond donors (Lipinski definition) is 1. The lowest BCUT2D eigenvalue weighted by atomic mass is 10.1. The summed E-state index contributed by atoms with van der Waals surface area (Å²) in [5, 5.41) is 7.36. The van der Waals surface area contributed by atoms with Gasteiger partial charge in [-0.1, -0.05) is 28.1 Å². The number of rotatable bonds is 6. The number of aromatic nitrogens is 3. The van der Waals surface area contributed by atoms with Crippen LogP contribution in [0.15, 0.2) is 53.0 Å². The quantitative estimate of drug-likeness (QED) is 0.382. The second-order valence-corrected chi connectivity index (χ2v) is 8.35. The Kier molecular flexibility index (Phi) is 6.23. The number of halogens is 2. The van der Waals surface area contributed by atoms with Gasteiger partial charge in [0.2, 0.25) is 5.91 Å². The monoisotopic (exact) mass is 496 g/mol. The zero-order chi connectivity index (χ0) is 22.8. The predicted octanol–water partition coefficient (Wildman–Crippen LogP) is 5.49. The van der Waals surface area contributed by atoms with Crippen LogP contribution in [0.1, 0.15) is 23.4 Å². The number of carbonyl (C=O) groups is 1. The van der Waals surface area contributed by atoms with Crippen LogP contribution in [0.3, 0.4) is 0 Å². The number of carbonyl (C=O) groups excluding carboxylic acids is 1. The van der Waals surface area contributed by atoms with E-state index in [0.717, 1.165) is 39.6 Å². The third-order valence-electron chi connectivity index (χ3n) is 5.35. The van der Waals surface area contributed by atoms with Gasteiger partial charge in [0.25, 0.3) is 0 Å². The van der Waals surface area contributed by atoms with E-state index < -0.39 is 5.82 Å². The second-order valence-electron chi connectivity index (χ2n) is 7.43. The maximum absolute atomic E-state index is 14.0. The number of para-hydroxylation sites is 1. The van der Waals surface area contributed by atoms with Crippen molar-refractivity contribution in [2.24, 2.45) is 0 Å². The molecular formula is C24H22BrFN4O2. The Hall–Kier alpha value is -3.26. The molecule has 32 heavy (non-hydrogen) atoms. The van der Waals surface area contributed by atoms with Crippen molar-refractivity contribution in [2.75, 3.05) is 12.4 Å². The van der Waals surface area contributed by atoms with Crippen molar-refractivity contribution in [2.45, 2.75) is 26.7 Å². The zero-order valence-corrected chi connectivity index (χ0v) is 19.5. The van der Waals surface area contributed by atoms with E-state index in [2.05, 4.69) is 26.2 Å². The maximum Gasteiger partial charge on any atom is 0.224 e. The predicted molar refractivity (Wildman–Crippen MR) is 125 cm³/mol. The minimum absolute atomic E-state index is 0.161. The van der Waals surface area contributed by atoms with E-state index in [1.165, 1.54) is 12.1 Å². The minimum atomic E-state index is -0.483. The Morgan fingerprint density at radius 1 is 1.19 bits per heavy atom. The molecule has 6 nitrogen and oxygen atoms in total. The first kappa shape index (κ1) is 22.0. The average molecular weight is 497 g/mol. The number of nitrogens with zero attached hydrogens (tertiary/aromatic N) is 3. The minimum Gasteiger partial charge on any atom is -0.496 e. The number of methoxy groups -OCH3 is 1.